The number of carbonyl (C=O) groups excluding carboxylic acids is 1. The molecule has 0 aliphatic heterocycles. The first kappa shape index (κ1) is 21.2. The summed E-state index contributed by atoms with van der Waals surface area (Å²) in [4.78, 5) is 12.0. The quantitative estimate of drug-likeness (QED) is 0.685. The molecule has 5 nitrogen and oxygen atoms in total. The molecule has 0 aliphatic rings. The van der Waals surface area contributed by atoms with Crippen molar-refractivity contribution in [2.75, 3.05) is 12.3 Å². The first-order valence-corrected chi connectivity index (χ1v) is 9.63. The standard InChI is InChI=1S/C18H22N2O3S.ClH/c19-17(16-10-5-2-6-11-16)18(21)20-12-7-13-24(22,23)14-15-8-3-1-4-9-15;/h1-6,8-11,17H,7,12-14,19H2,(H,20,21);1H. The Kier molecular flexibility index (Phi) is 8.61. The zero-order valence-electron chi connectivity index (χ0n) is 13.8. The van der Waals surface area contributed by atoms with Crippen molar-refractivity contribution in [1.29, 1.82) is 0 Å². The average Bonchev–Trinajstić information content (AvgIpc) is 2.59. The van der Waals surface area contributed by atoms with Crippen molar-refractivity contribution in [3.63, 3.8) is 0 Å². The molecule has 0 fully saturated rings. The van der Waals surface area contributed by atoms with Gasteiger partial charge in [-0.05, 0) is 17.5 Å². The molecule has 0 saturated heterocycles. The number of amides is 1. The van der Waals surface area contributed by atoms with Crippen LogP contribution in [-0.4, -0.2) is 26.6 Å². The number of rotatable bonds is 8. The van der Waals surface area contributed by atoms with E-state index in [1.54, 1.807) is 24.3 Å². The maximum Gasteiger partial charge on any atom is 0.241 e. The van der Waals surface area contributed by atoms with Gasteiger partial charge in [0.2, 0.25) is 5.91 Å². The Morgan fingerprint density at radius 1 is 1.00 bits per heavy atom. The van der Waals surface area contributed by atoms with Crippen LogP contribution in [0.3, 0.4) is 0 Å². The monoisotopic (exact) mass is 382 g/mol. The number of carbonyl (C=O) groups is 1. The molecule has 2 aromatic rings. The maximum atomic E-state index is 12.1. The van der Waals surface area contributed by atoms with Gasteiger partial charge in [0.25, 0.3) is 0 Å². The summed E-state index contributed by atoms with van der Waals surface area (Å²) in [5.74, 6) is -0.254. The highest BCUT2D eigenvalue weighted by Gasteiger charge is 2.16. The van der Waals surface area contributed by atoms with Crippen molar-refractivity contribution in [2.24, 2.45) is 5.73 Å². The summed E-state index contributed by atoms with van der Waals surface area (Å²) in [6.45, 7) is 0.285. The van der Waals surface area contributed by atoms with E-state index in [0.717, 1.165) is 11.1 Å². The molecule has 1 atom stereocenters. The van der Waals surface area contributed by atoms with Gasteiger partial charge in [0.05, 0.1) is 11.5 Å². The number of benzene rings is 2. The van der Waals surface area contributed by atoms with Crippen molar-refractivity contribution in [3.8, 4) is 0 Å². The smallest absolute Gasteiger partial charge is 0.241 e. The SMILES string of the molecule is Cl.NC(C(=O)NCCCS(=O)(=O)Cc1ccccc1)c1ccccc1. The third kappa shape index (κ3) is 7.25. The lowest BCUT2D eigenvalue weighted by atomic mass is 10.1. The van der Waals surface area contributed by atoms with Crippen LogP contribution in [0.2, 0.25) is 0 Å². The molecule has 2 aromatic carbocycles. The molecular formula is C18H23ClN2O3S. The van der Waals surface area contributed by atoms with E-state index in [4.69, 9.17) is 5.73 Å². The van der Waals surface area contributed by atoms with Gasteiger partial charge >= 0.3 is 0 Å². The van der Waals surface area contributed by atoms with Crippen LogP contribution in [0.5, 0.6) is 0 Å². The highest BCUT2D eigenvalue weighted by molar-refractivity contribution is 7.90. The molecule has 0 saturated carbocycles. The van der Waals surface area contributed by atoms with E-state index in [9.17, 15) is 13.2 Å². The molecule has 25 heavy (non-hydrogen) atoms. The van der Waals surface area contributed by atoms with E-state index in [1.807, 2.05) is 36.4 Å². The van der Waals surface area contributed by atoms with Gasteiger partial charge in [-0.3, -0.25) is 4.79 Å². The van der Waals surface area contributed by atoms with Crippen LogP contribution in [-0.2, 0) is 20.4 Å². The fraction of sp³-hybridized carbons (Fsp3) is 0.278. The van der Waals surface area contributed by atoms with Crippen LogP contribution in [0.4, 0.5) is 0 Å². The number of halogens is 1. The third-order valence-corrected chi connectivity index (χ3v) is 5.29. The van der Waals surface area contributed by atoms with Crippen LogP contribution in [0.15, 0.2) is 60.7 Å². The van der Waals surface area contributed by atoms with E-state index >= 15 is 0 Å². The van der Waals surface area contributed by atoms with E-state index in [2.05, 4.69) is 5.32 Å². The van der Waals surface area contributed by atoms with Gasteiger partial charge in [-0.15, -0.1) is 12.4 Å². The largest absolute Gasteiger partial charge is 0.354 e. The zero-order valence-corrected chi connectivity index (χ0v) is 15.4. The van der Waals surface area contributed by atoms with Crippen molar-refractivity contribution in [2.45, 2.75) is 18.2 Å². The van der Waals surface area contributed by atoms with E-state index in [1.165, 1.54) is 0 Å². The predicted octanol–water partition coefficient (Wildman–Crippen LogP) is 2.23. The van der Waals surface area contributed by atoms with Gasteiger partial charge in [0, 0.05) is 6.54 Å². The van der Waals surface area contributed by atoms with Crippen LogP contribution >= 0.6 is 12.4 Å². The van der Waals surface area contributed by atoms with Crippen molar-refractivity contribution in [1.82, 2.24) is 5.32 Å². The normalized spacial score (nSPS) is 12.0. The maximum absolute atomic E-state index is 12.1. The highest BCUT2D eigenvalue weighted by Crippen LogP contribution is 2.10. The Hall–Kier alpha value is -1.89. The van der Waals surface area contributed by atoms with Gasteiger partial charge < -0.3 is 11.1 Å². The van der Waals surface area contributed by atoms with Gasteiger partial charge in [-0.2, -0.15) is 0 Å². The molecule has 0 aromatic heterocycles. The molecule has 2 rings (SSSR count). The Morgan fingerprint density at radius 2 is 1.56 bits per heavy atom. The Bertz CT molecular complexity index is 752. The van der Waals surface area contributed by atoms with Crippen LogP contribution < -0.4 is 11.1 Å². The second-order valence-corrected chi connectivity index (χ2v) is 7.79. The summed E-state index contributed by atoms with van der Waals surface area (Å²) in [6, 6.07) is 17.4. The molecule has 0 bridgehead atoms. The molecule has 1 amide bonds. The number of hydrogen-bond acceptors (Lipinski definition) is 4. The lowest BCUT2D eigenvalue weighted by molar-refractivity contribution is -0.122. The average molecular weight is 383 g/mol. The molecule has 7 heteroatoms. The molecule has 0 spiro atoms. The first-order chi connectivity index (χ1) is 11.5. The molecule has 136 valence electrons. The Morgan fingerprint density at radius 3 is 2.16 bits per heavy atom. The highest BCUT2D eigenvalue weighted by atomic mass is 35.5. The molecule has 0 radical (unpaired) electrons. The van der Waals surface area contributed by atoms with Crippen LogP contribution in [0.1, 0.15) is 23.6 Å². The molecular weight excluding hydrogens is 360 g/mol. The van der Waals surface area contributed by atoms with Gasteiger partial charge in [0.1, 0.15) is 6.04 Å². The lowest BCUT2D eigenvalue weighted by Crippen LogP contribution is -2.35. The fourth-order valence-corrected chi connectivity index (χ4v) is 3.75. The first-order valence-electron chi connectivity index (χ1n) is 7.80. The number of sulfone groups is 1. The zero-order chi connectivity index (χ0) is 17.4. The van der Waals surface area contributed by atoms with E-state index < -0.39 is 15.9 Å². The van der Waals surface area contributed by atoms with Crippen LogP contribution in [0, 0.1) is 0 Å². The molecule has 1 unspecified atom stereocenters. The summed E-state index contributed by atoms with van der Waals surface area (Å²) in [5, 5.41) is 2.69. The van der Waals surface area contributed by atoms with Crippen molar-refractivity contribution >= 4 is 28.2 Å². The predicted molar refractivity (Wildman–Crippen MR) is 102 cm³/mol. The van der Waals surface area contributed by atoms with Crippen molar-refractivity contribution in [3.05, 3.63) is 71.8 Å². The summed E-state index contributed by atoms with van der Waals surface area (Å²) in [6.07, 6.45) is 0.364. The Labute approximate surface area is 155 Å². The summed E-state index contributed by atoms with van der Waals surface area (Å²) < 4.78 is 24.1. The third-order valence-electron chi connectivity index (χ3n) is 3.60. The topological polar surface area (TPSA) is 89.3 Å². The summed E-state index contributed by atoms with van der Waals surface area (Å²) in [7, 11) is -3.19. The number of nitrogens with two attached hydrogens (primary N) is 1. The molecule has 0 heterocycles. The minimum absolute atomic E-state index is 0. The minimum Gasteiger partial charge on any atom is -0.354 e. The molecule has 3 N–H and O–H groups in total. The molecule has 0 aliphatic carbocycles. The summed E-state index contributed by atoms with van der Waals surface area (Å²) in [5.41, 5.74) is 7.38. The van der Waals surface area contributed by atoms with Crippen molar-refractivity contribution < 1.29 is 13.2 Å². The minimum atomic E-state index is -3.19. The van der Waals surface area contributed by atoms with Gasteiger partial charge in [-0.1, -0.05) is 60.7 Å². The summed E-state index contributed by atoms with van der Waals surface area (Å²) >= 11 is 0. The number of nitrogens with one attached hydrogen (secondary N) is 1. The lowest BCUT2D eigenvalue weighted by Gasteiger charge is -2.12. The number of hydrogen-bond donors (Lipinski definition) is 2. The van der Waals surface area contributed by atoms with Crippen LogP contribution in [0.25, 0.3) is 0 Å². The second-order valence-electron chi connectivity index (χ2n) is 5.61. The fourth-order valence-electron chi connectivity index (χ4n) is 2.33. The van der Waals surface area contributed by atoms with E-state index in [-0.39, 0.29) is 36.4 Å². The van der Waals surface area contributed by atoms with E-state index in [0.29, 0.717) is 6.42 Å². The van der Waals surface area contributed by atoms with Gasteiger partial charge in [0.15, 0.2) is 9.84 Å². The second kappa shape index (κ2) is 10.2. The Balaban J connectivity index is 0.00000312. The van der Waals surface area contributed by atoms with Gasteiger partial charge in [-0.25, -0.2) is 8.42 Å².